The molecule has 0 saturated carbocycles. The Hall–Kier alpha value is -3.03. The van der Waals surface area contributed by atoms with Crippen molar-refractivity contribution in [1.82, 2.24) is 0 Å². The van der Waals surface area contributed by atoms with Crippen molar-refractivity contribution < 1.29 is 17.9 Å². The molecule has 0 aliphatic carbocycles. The number of methoxy groups -OCH3 is 1. The minimum Gasteiger partial charge on any atom is -0.496 e. The van der Waals surface area contributed by atoms with Crippen molar-refractivity contribution in [3.63, 3.8) is 0 Å². The van der Waals surface area contributed by atoms with Crippen LogP contribution in [0.2, 0.25) is 0 Å². The third kappa shape index (κ3) is 4.45. The van der Waals surface area contributed by atoms with Gasteiger partial charge in [-0.1, -0.05) is 43.3 Å². The molecular formula is C25H28N2O4S. The van der Waals surface area contributed by atoms with Gasteiger partial charge in [0.25, 0.3) is 0 Å². The van der Waals surface area contributed by atoms with Crippen LogP contribution in [-0.2, 0) is 15.8 Å². The minimum atomic E-state index is -3.65. The Morgan fingerprint density at radius 2 is 1.84 bits per heavy atom. The summed E-state index contributed by atoms with van der Waals surface area (Å²) in [6, 6.07) is 19.6. The van der Waals surface area contributed by atoms with Gasteiger partial charge in [0.15, 0.2) is 0 Å². The highest BCUT2D eigenvalue weighted by Crippen LogP contribution is 2.49. The SMILES string of the molecule is CCCN(C)c1ccc(C2Oc3cccc(OC)c3-c3ccc(CS(N)(=O)=O)cc32)cc1. The Morgan fingerprint density at radius 1 is 1.09 bits per heavy atom. The van der Waals surface area contributed by atoms with Gasteiger partial charge in [0, 0.05) is 24.8 Å². The summed E-state index contributed by atoms with van der Waals surface area (Å²) in [4.78, 5) is 2.21. The number of hydrogen-bond donors (Lipinski definition) is 1. The zero-order valence-corrected chi connectivity index (χ0v) is 19.4. The maximum Gasteiger partial charge on any atom is 0.213 e. The van der Waals surface area contributed by atoms with Gasteiger partial charge in [0.1, 0.15) is 17.6 Å². The Labute approximate surface area is 189 Å². The molecule has 0 aromatic heterocycles. The number of benzene rings is 3. The summed E-state index contributed by atoms with van der Waals surface area (Å²) in [5, 5.41) is 5.30. The molecule has 0 fully saturated rings. The molecule has 3 aromatic carbocycles. The number of anilines is 1. The van der Waals surface area contributed by atoms with Crippen molar-refractivity contribution in [1.29, 1.82) is 0 Å². The first-order valence-corrected chi connectivity index (χ1v) is 12.3. The van der Waals surface area contributed by atoms with Gasteiger partial charge >= 0.3 is 0 Å². The van der Waals surface area contributed by atoms with E-state index in [1.807, 2.05) is 30.3 Å². The summed E-state index contributed by atoms with van der Waals surface area (Å²) in [5.41, 5.74) is 5.45. The molecule has 0 amide bonds. The fraction of sp³-hybridized carbons (Fsp3) is 0.280. The monoisotopic (exact) mass is 452 g/mol. The van der Waals surface area contributed by atoms with E-state index < -0.39 is 10.0 Å². The number of nitrogens with two attached hydrogens (primary N) is 1. The molecule has 0 bridgehead atoms. The number of fused-ring (bicyclic) bond motifs is 3. The average Bonchev–Trinajstić information content (AvgIpc) is 2.77. The summed E-state index contributed by atoms with van der Waals surface area (Å²) in [7, 11) is 0.0528. The summed E-state index contributed by atoms with van der Waals surface area (Å²) in [5.74, 6) is 1.21. The quantitative estimate of drug-likeness (QED) is 0.572. The van der Waals surface area contributed by atoms with E-state index in [-0.39, 0.29) is 11.9 Å². The second kappa shape index (κ2) is 8.84. The largest absolute Gasteiger partial charge is 0.496 e. The second-order valence-electron chi connectivity index (χ2n) is 8.07. The third-order valence-corrected chi connectivity index (χ3v) is 6.42. The third-order valence-electron chi connectivity index (χ3n) is 5.68. The molecule has 0 radical (unpaired) electrons. The first kappa shape index (κ1) is 22.2. The molecule has 0 spiro atoms. The van der Waals surface area contributed by atoms with Crippen LogP contribution >= 0.6 is 0 Å². The predicted octanol–water partition coefficient (Wildman–Crippen LogP) is 4.48. The van der Waals surface area contributed by atoms with Gasteiger partial charge < -0.3 is 14.4 Å². The zero-order valence-electron chi connectivity index (χ0n) is 18.5. The number of nitrogens with zero attached hydrogens (tertiary/aromatic N) is 1. The van der Waals surface area contributed by atoms with Crippen molar-refractivity contribution in [2.75, 3.05) is 25.6 Å². The molecule has 3 aromatic rings. The second-order valence-corrected chi connectivity index (χ2v) is 9.69. The molecule has 1 unspecified atom stereocenters. The number of ether oxygens (including phenoxy) is 2. The van der Waals surface area contributed by atoms with Gasteiger partial charge in [-0.25, -0.2) is 13.6 Å². The standard InChI is InChI=1S/C25H28N2O4S/c1-4-14-27(2)19-11-9-18(10-12-19)25-21-15-17(16-32(26,28)29)8-13-20(21)24-22(30-3)6-5-7-23(24)31-25/h5-13,15,25H,4,14,16H2,1-3H3,(H2,26,28,29). The van der Waals surface area contributed by atoms with Gasteiger partial charge in [-0.2, -0.15) is 0 Å². The van der Waals surface area contributed by atoms with E-state index in [0.29, 0.717) is 11.3 Å². The predicted molar refractivity (Wildman–Crippen MR) is 128 cm³/mol. The van der Waals surface area contributed by atoms with Crippen molar-refractivity contribution in [3.05, 3.63) is 77.4 Å². The highest BCUT2D eigenvalue weighted by atomic mass is 32.2. The Balaban J connectivity index is 1.82. The summed E-state index contributed by atoms with van der Waals surface area (Å²) < 4.78 is 35.4. The highest BCUT2D eigenvalue weighted by molar-refractivity contribution is 7.88. The van der Waals surface area contributed by atoms with Crippen LogP contribution in [0.1, 0.15) is 36.1 Å². The van der Waals surface area contributed by atoms with Gasteiger partial charge in [-0.3, -0.25) is 0 Å². The molecule has 0 saturated heterocycles. The Bertz CT molecular complexity index is 1220. The molecule has 1 heterocycles. The van der Waals surface area contributed by atoms with E-state index in [2.05, 4.69) is 43.1 Å². The van der Waals surface area contributed by atoms with Crippen molar-refractivity contribution in [3.8, 4) is 22.6 Å². The Kier molecular flexibility index (Phi) is 6.13. The molecule has 4 rings (SSSR count). The lowest BCUT2D eigenvalue weighted by molar-refractivity contribution is 0.242. The zero-order chi connectivity index (χ0) is 22.9. The van der Waals surface area contributed by atoms with E-state index in [4.69, 9.17) is 14.6 Å². The summed E-state index contributed by atoms with van der Waals surface area (Å²) in [6.45, 7) is 3.13. The molecule has 32 heavy (non-hydrogen) atoms. The van der Waals surface area contributed by atoms with E-state index in [1.54, 1.807) is 13.2 Å². The molecular weight excluding hydrogens is 424 g/mol. The molecule has 1 atom stereocenters. The van der Waals surface area contributed by atoms with Crippen LogP contribution in [-0.4, -0.2) is 29.1 Å². The van der Waals surface area contributed by atoms with E-state index in [0.717, 1.165) is 46.7 Å². The normalized spacial score (nSPS) is 14.8. The van der Waals surface area contributed by atoms with Crippen LogP contribution in [0.15, 0.2) is 60.7 Å². The lowest BCUT2D eigenvalue weighted by Crippen LogP contribution is -2.19. The van der Waals surface area contributed by atoms with Crippen LogP contribution in [0, 0.1) is 0 Å². The van der Waals surface area contributed by atoms with Crippen LogP contribution in [0.3, 0.4) is 0 Å². The lowest BCUT2D eigenvalue weighted by atomic mass is 9.88. The Morgan fingerprint density at radius 3 is 2.50 bits per heavy atom. The molecule has 2 N–H and O–H groups in total. The molecule has 7 heteroatoms. The minimum absolute atomic E-state index is 0.230. The van der Waals surface area contributed by atoms with Gasteiger partial charge in [0.05, 0.1) is 18.4 Å². The van der Waals surface area contributed by atoms with Crippen molar-refractivity contribution in [2.24, 2.45) is 5.14 Å². The van der Waals surface area contributed by atoms with Crippen molar-refractivity contribution >= 4 is 15.7 Å². The molecule has 168 valence electrons. The molecule has 1 aliphatic heterocycles. The molecule has 1 aliphatic rings. The number of hydrogen-bond acceptors (Lipinski definition) is 5. The lowest BCUT2D eigenvalue weighted by Gasteiger charge is -2.31. The molecule has 6 nitrogen and oxygen atoms in total. The maximum absolute atomic E-state index is 11.7. The number of primary sulfonamides is 1. The average molecular weight is 453 g/mol. The number of rotatable bonds is 7. The smallest absolute Gasteiger partial charge is 0.213 e. The number of sulfonamides is 1. The van der Waals surface area contributed by atoms with Crippen LogP contribution in [0.4, 0.5) is 5.69 Å². The fourth-order valence-corrected chi connectivity index (χ4v) is 4.87. The van der Waals surface area contributed by atoms with Gasteiger partial charge in [-0.15, -0.1) is 0 Å². The first-order valence-electron chi connectivity index (χ1n) is 10.6. The summed E-state index contributed by atoms with van der Waals surface area (Å²) >= 11 is 0. The van der Waals surface area contributed by atoms with Crippen LogP contribution in [0.5, 0.6) is 11.5 Å². The topological polar surface area (TPSA) is 81.9 Å². The van der Waals surface area contributed by atoms with E-state index in [1.165, 1.54) is 0 Å². The van der Waals surface area contributed by atoms with Gasteiger partial charge in [0.2, 0.25) is 10.0 Å². The first-order chi connectivity index (χ1) is 15.3. The highest BCUT2D eigenvalue weighted by Gasteiger charge is 2.30. The van der Waals surface area contributed by atoms with Crippen LogP contribution in [0.25, 0.3) is 11.1 Å². The van der Waals surface area contributed by atoms with E-state index in [9.17, 15) is 8.42 Å². The fourth-order valence-electron chi connectivity index (χ4n) is 4.23. The maximum atomic E-state index is 11.7. The van der Waals surface area contributed by atoms with E-state index >= 15 is 0 Å². The van der Waals surface area contributed by atoms with Crippen LogP contribution < -0.4 is 19.5 Å². The van der Waals surface area contributed by atoms with Gasteiger partial charge in [-0.05, 0) is 47.4 Å². The summed E-state index contributed by atoms with van der Waals surface area (Å²) in [6.07, 6.45) is 0.693. The van der Waals surface area contributed by atoms with Crippen molar-refractivity contribution in [2.45, 2.75) is 25.2 Å².